The Morgan fingerprint density at radius 2 is 2.29 bits per heavy atom. The van der Waals surface area contributed by atoms with Crippen molar-refractivity contribution in [2.24, 2.45) is 5.92 Å². The Balaban J connectivity index is 1.58. The molecule has 0 amide bonds. The summed E-state index contributed by atoms with van der Waals surface area (Å²) in [6.45, 7) is 3.41. The Bertz CT molecular complexity index is 349. The number of nitrogens with one attached hydrogen (secondary N) is 1. The predicted molar refractivity (Wildman–Crippen MR) is 74.0 cm³/mol. The number of nitrogen functional groups attached to an aromatic ring is 1. The third-order valence-corrected chi connectivity index (χ3v) is 3.58. The normalized spacial score (nSPS) is 22.6. The molecule has 1 aromatic rings. The van der Waals surface area contributed by atoms with Gasteiger partial charge in [-0.15, -0.1) is 0 Å². The van der Waals surface area contributed by atoms with E-state index in [-0.39, 0.29) is 0 Å². The summed E-state index contributed by atoms with van der Waals surface area (Å²) in [6, 6.07) is 9.04. The number of aryl methyl sites for hydroxylation is 1. The maximum Gasteiger partial charge on any atom is 0.0316 e. The minimum absolute atomic E-state index is 0.816. The van der Waals surface area contributed by atoms with Gasteiger partial charge >= 0.3 is 0 Å². The predicted octanol–water partition coefficient (Wildman–Crippen LogP) is 2.98. The fraction of sp³-hybridized carbons (Fsp3) is 0.600. The molecule has 2 unspecified atom stereocenters. The van der Waals surface area contributed by atoms with Crippen LogP contribution in [0.1, 0.15) is 38.2 Å². The molecule has 1 fully saturated rings. The molecule has 2 nitrogen and oxygen atoms in total. The largest absolute Gasteiger partial charge is 0.399 e. The molecule has 0 heterocycles. The second kappa shape index (κ2) is 6.06. The number of anilines is 1. The van der Waals surface area contributed by atoms with Gasteiger partial charge in [0, 0.05) is 11.7 Å². The lowest BCUT2D eigenvalue weighted by Gasteiger charge is -2.05. The van der Waals surface area contributed by atoms with Crippen LogP contribution in [0.5, 0.6) is 0 Å². The molecular formula is C15H24N2. The molecular weight excluding hydrogens is 208 g/mol. The van der Waals surface area contributed by atoms with E-state index in [1.807, 2.05) is 12.1 Å². The number of hydrogen-bond acceptors (Lipinski definition) is 2. The minimum atomic E-state index is 0.816. The van der Waals surface area contributed by atoms with E-state index in [1.54, 1.807) is 0 Å². The highest BCUT2D eigenvalue weighted by atomic mass is 15.0. The SMILES string of the molecule is CCCC1CC1NCCCc1cccc(N)c1. The summed E-state index contributed by atoms with van der Waals surface area (Å²) in [5.41, 5.74) is 7.99. The van der Waals surface area contributed by atoms with Crippen LogP contribution in [0, 0.1) is 5.92 Å². The maximum atomic E-state index is 5.76. The maximum absolute atomic E-state index is 5.76. The molecule has 0 bridgehead atoms. The van der Waals surface area contributed by atoms with Crippen molar-refractivity contribution in [1.82, 2.24) is 5.32 Å². The average Bonchev–Trinajstić information content (AvgIpc) is 3.04. The first kappa shape index (κ1) is 12.4. The monoisotopic (exact) mass is 232 g/mol. The van der Waals surface area contributed by atoms with Gasteiger partial charge in [-0.05, 0) is 55.8 Å². The quantitative estimate of drug-likeness (QED) is 0.560. The van der Waals surface area contributed by atoms with Gasteiger partial charge in [0.05, 0.1) is 0 Å². The van der Waals surface area contributed by atoms with Crippen LogP contribution in [0.15, 0.2) is 24.3 Å². The highest BCUT2D eigenvalue weighted by Gasteiger charge is 2.34. The Labute approximate surface area is 105 Å². The summed E-state index contributed by atoms with van der Waals surface area (Å²) < 4.78 is 0. The fourth-order valence-electron chi connectivity index (χ4n) is 2.52. The van der Waals surface area contributed by atoms with Crippen molar-refractivity contribution < 1.29 is 0 Å². The molecule has 17 heavy (non-hydrogen) atoms. The molecule has 0 saturated heterocycles. The lowest BCUT2D eigenvalue weighted by atomic mass is 10.1. The molecule has 0 radical (unpaired) electrons. The molecule has 94 valence electrons. The molecule has 1 aliphatic carbocycles. The van der Waals surface area contributed by atoms with Gasteiger partial charge in [-0.1, -0.05) is 25.5 Å². The Morgan fingerprint density at radius 1 is 1.41 bits per heavy atom. The van der Waals surface area contributed by atoms with Crippen molar-refractivity contribution in [1.29, 1.82) is 0 Å². The van der Waals surface area contributed by atoms with Gasteiger partial charge < -0.3 is 11.1 Å². The van der Waals surface area contributed by atoms with Crippen LogP contribution in [-0.4, -0.2) is 12.6 Å². The first-order chi connectivity index (χ1) is 8.29. The summed E-state index contributed by atoms with van der Waals surface area (Å²) >= 11 is 0. The van der Waals surface area contributed by atoms with E-state index in [1.165, 1.54) is 31.2 Å². The zero-order valence-electron chi connectivity index (χ0n) is 10.8. The first-order valence-electron chi connectivity index (χ1n) is 6.87. The van der Waals surface area contributed by atoms with Gasteiger partial charge in [0.2, 0.25) is 0 Å². The molecule has 1 saturated carbocycles. The van der Waals surface area contributed by atoms with Crippen LogP contribution in [0.4, 0.5) is 5.69 Å². The van der Waals surface area contributed by atoms with Gasteiger partial charge in [0.25, 0.3) is 0 Å². The Morgan fingerprint density at radius 3 is 3.06 bits per heavy atom. The van der Waals surface area contributed by atoms with Gasteiger partial charge in [0.15, 0.2) is 0 Å². The van der Waals surface area contributed by atoms with Crippen molar-refractivity contribution in [2.75, 3.05) is 12.3 Å². The third kappa shape index (κ3) is 4.04. The van der Waals surface area contributed by atoms with Gasteiger partial charge in [-0.3, -0.25) is 0 Å². The average molecular weight is 232 g/mol. The number of hydrogen-bond donors (Lipinski definition) is 2. The first-order valence-corrected chi connectivity index (χ1v) is 6.87. The second-order valence-electron chi connectivity index (χ2n) is 5.19. The molecule has 2 heteroatoms. The van der Waals surface area contributed by atoms with Crippen LogP contribution in [0.25, 0.3) is 0 Å². The lowest BCUT2D eigenvalue weighted by molar-refractivity contribution is 0.585. The standard InChI is InChI=1S/C15H24N2/c1-2-5-13-11-15(13)17-9-4-7-12-6-3-8-14(16)10-12/h3,6,8,10,13,15,17H,2,4-5,7,9,11,16H2,1H3. The third-order valence-electron chi connectivity index (χ3n) is 3.58. The van der Waals surface area contributed by atoms with E-state index >= 15 is 0 Å². The molecule has 1 aromatic carbocycles. The van der Waals surface area contributed by atoms with E-state index in [0.717, 1.165) is 30.6 Å². The molecule has 3 N–H and O–H groups in total. The van der Waals surface area contributed by atoms with Crippen molar-refractivity contribution in [3.05, 3.63) is 29.8 Å². The summed E-state index contributed by atoms with van der Waals surface area (Å²) in [6.07, 6.45) is 6.45. The molecule has 2 atom stereocenters. The topological polar surface area (TPSA) is 38.0 Å². The highest BCUT2D eigenvalue weighted by molar-refractivity contribution is 5.40. The lowest BCUT2D eigenvalue weighted by Crippen LogP contribution is -2.20. The summed E-state index contributed by atoms with van der Waals surface area (Å²) in [5.74, 6) is 0.965. The molecule has 0 spiro atoms. The second-order valence-corrected chi connectivity index (χ2v) is 5.19. The van der Waals surface area contributed by atoms with Crippen LogP contribution < -0.4 is 11.1 Å². The Kier molecular flexibility index (Phi) is 4.43. The number of rotatable bonds is 7. The molecule has 2 rings (SSSR count). The smallest absolute Gasteiger partial charge is 0.0316 e. The Hall–Kier alpha value is -1.02. The molecule has 0 aliphatic heterocycles. The highest BCUT2D eigenvalue weighted by Crippen LogP contribution is 2.34. The molecule has 0 aromatic heterocycles. The van der Waals surface area contributed by atoms with Gasteiger partial charge in [0.1, 0.15) is 0 Å². The van der Waals surface area contributed by atoms with Crippen LogP contribution in [0.3, 0.4) is 0 Å². The van der Waals surface area contributed by atoms with Crippen molar-refractivity contribution in [3.8, 4) is 0 Å². The summed E-state index contributed by atoms with van der Waals surface area (Å²) in [4.78, 5) is 0. The van der Waals surface area contributed by atoms with E-state index in [4.69, 9.17) is 5.73 Å². The number of benzene rings is 1. The zero-order valence-corrected chi connectivity index (χ0v) is 10.8. The van der Waals surface area contributed by atoms with Gasteiger partial charge in [-0.25, -0.2) is 0 Å². The van der Waals surface area contributed by atoms with Gasteiger partial charge in [-0.2, -0.15) is 0 Å². The van der Waals surface area contributed by atoms with Crippen molar-refractivity contribution >= 4 is 5.69 Å². The summed E-state index contributed by atoms with van der Waals surface area (Å²) in [5, 5.41) is 3.65. The van der Waals surface area contributed by atoms with E-state index in [0.29, 0.717) is 0 Å². The zero-order chi connectivity index (χ0) is 12.1. The number of nitrogens with two attached hydrogens (primary N) is 1. The van der Waals surface area contributed by atoms with E-state index in [9.17, 15) is 0 Å². The van der Waals surface area contributed by atoms with Crippen molar-refractivity contribution in [3.63, 3.8) is 0 Å². The van der Waals surface area contributed by atoms with Crippen LogP contribution >= 0.6 is 0 Å². The summed E-state index contributed by atoms with van der Waals surface area (Å²) in [7, 11) is 0. The van der Waals surface area contributed by atoms with E-state index < -0.39 is 0 Å². The minimum Gasteiger partial charge on any atom is -0.399 e. The van der Waals surface area contributed by atoms with Crippen LogP contribution in [-0.2, 0) is 6.42 Å². The van der Waals surface area contributed by atoms with Crippen LogP contribution in [0.2, 0.25) is 0 Å². The van der Waals surface area contributed by atoms with E-state index in [2.05, 4.69) is 24.4 Å². The molecule has 1 aliphatic rings. The fourth-order valence-corrected chi connectivity index (χ4v) is 2.52. The van der Waals surface area contributed by atoms with Crippen molar-refractivity contribution in [2.45, 2.75) is 45.1 Å².